The van der Waals surface area contributed by atoms with Crippen molar-refractivity contribution in [2.75, 3.05) is 12.0 Å². The quantitative estimate of drug-likeness (QED) is 0.828. The fourth-order valence-electron chi connectivity index (χ4n) is 2.77. The molecular weight excluding hydrogens is 328 g/mol. The van der Waals surface area contributed by atoms with E-state index in [1.807, 2.05) is 24.3 Å². The number of aliphatic hydroxyl groups is 1. The Kier molecular flexibility index (Phi) is 6.00. The lowest BCUT2D eigenvalue weighted by Crippen LogP contribution is -2.34. The van der Waals surface area contributed by atoms with Crippen molar-refractivity contribution in [1.29, 1.82) is 0 Å². The van der Waals surface area contributed by atoms with Gasteiger partial charge in [-0.3, -0.25) is 0 Å². The average molecular weight is 349 g/mol. The molecule has 1 N–H and O–H groups in total. The molecule has 0 spiro atoms. The van der Waals surface area contributed by atoms with Crippen LogP contribution in [0.4, 0.5) is 0 Å². The van der Waals surface area contributed by atoms with E-state index in [1.54, 1.807) is 11.8 Å². The standard InChI is InChI=1S/C15H21ClO3S2/c1-21(18,19)14-4-2-3-11(9-14)15(17)10-20-13-7-5-12(16)6-8-13/h5-8,11,14-15,17H,2-4,9-10H2,1H3. The SMILES string of the molecule is CS(=O)(=O)C1CCCC(C(O)CSc2ccc(Cl)cc2)C1. The van der Waals surface area contributed by atoms with E-state index >= 15 is 0 Å². The molecule has 118 valence electrons. The number of benzene rings is 1. The molecule has 1 saturated carbocycles. The first-order valence-electron chi connectivity index (χ1n) is 7.11. The highest BCUT2D eigenvalue weighted by atomic mass is 35.5. The largest absolute Gasteiger partial charge is 0.392 e. The first-order valence-corrected chi connectivity index (χ1v) is 10.4. The molecule has 1 aliphatic rings. The van der Waals surface area contributed by atoms with E-state index < -0.39 is 15.9 Å². The number of hydrogen-bond donors (Lipinski definition) is 1. The van der Waals surface area contributed by atoms with E-state index in [0.717, 1.165) is 24.2 Å². The van der Waals surface area contributed by atoms with Gasteiger partial charge in [0.1, 0.15) is 9.84 Å². The third-order valence-electron chi connectivity index (χ3n) is 4.05. The summed E-state index contributed by atoms with van der Waals surface area (Å²) < 4.78 is 23.3. The van der Waals surface area contributed by atoms with E-state index in [9.17, 15) is 13.5 Å². The Morgan fingerprint density at radius 1 is 1.33 bits per heavy atom. The van der Waals surface area contributed by atoms with Crippen molar-refractivity contribution in [3.05, 3.63) is 29.3 Å². The highest BCUT2D eigenvalue weighted by Gasteiger charge is 2.32. The zero-order valence-electron chi connectivity index (χ0n) is 12.0. The lowest BCUT2D eigenvalue weighted by molar-refractivity contribution is 0.106. The second-order valence-electron chi connectivity index (χ2n) is 5.71. The lowest BCUT2D eigenvalue weighted by atomic mass is 9.85. The summed E-state index contributed by atoms with van der Waals surface area (Å²) >= 11 is 7.42. The van der Waals surface area contributed by atoms with Gasteiger partial charge in [0, 0.05) is 21.9 Å². The monoisotopic (exact) mass is 348 g/mol. The molecule has 0 radical (unpaired) electrons. The first-order chi connectivity index (χ1) is 9.86. The van der Waals surface area contributed by atoms with Crippen molar-refractivity contribution >= 4 is 33.2 Å². The molecule has 1 fully saturated rings. The smallest absolute Gasteiger partial charge is 0.150 e. The van der Waals surface area contributed by atoms with Crippen LogP contribution in [0.5, 0.6) is 0 Å². The zero-order chi connectivity index (χ0) is 15.5. The van der Waals surface area contributed by atoms with E-state index in [2.05, 4.69) is 0 Å². The van der Waals surface area contributed by atoms with Gasteiger partial charge in [-0.15, -0.1) is 11.8 Å². The van der Waals surface area contributed by atoms with Crippen LogP contribution in [0.15, 0.2) is 29.2 Å². The Morgan fingerprint density at radius 3 is 2.62 bits per heavy atom. The van der Waals surface area contributed by atoms with Crippen LogP contribution < -0.4 is 0 Å². The van der Waals surface area contributed by atoms with Gasteiger partial charge in [-0.1, -0.05) is 18.0 Å². The summed E-state index contributed by atoms with van der Waals surface area (Å²) in [6.07, 6.45) is 3.94. The molecule has 2 rings (SSSR count). The molecule has 3 unspecified atom stereocenters. The normalized spacial score (nSPS) is 24.7. The molecule has 1 aromatic carbocycles. The summed E-state index contributed by atoms with van der Waals surface area (Å²) in [6.45, 7) is 0. The van der Waals surface area contributed by atoms with Crippen LogP contribution in [0.1, 0.15) is 25.7 Å². The van der Waals surface area contributed by atoms with Crippen LogP contribution in [0.3, 0.4) is 0 Å². The van der Waals surface area contributed by atoms with Crippen LogP contribution >= 0.6 is 23.4 Å². The molecule has 1 aromatic rings. The second kappa shape index (κ2) is 7.36. The Morgan fingerprint density at radius 2 is 2.00 bits per heavy atom. The second-order valence-corrected chi connectivity index (χ2v) is 9.57. The Hall–Kier alpha value is -0.230. The van der Waals surface area contributed by atoms with Gasteiger partial charge in [0.2, 0.25) is 0 Å². The summed E-state index contributed by atoms with van der Waals surface area (Å²) in [5.41, 5.74) is 0. The number of hydrogen-bond acceptors (Lipinski definition) is 4. The number of aliphatic hydroxyl groups excluding tert-OH is 1. The van der Waals surface area contributed by atoms with Crippen molar-refractivity contribution in [1.82, 2.24) is 0 Å². The van der Waals surface area contributed by atoms with Crippen LogP contribution in [0, 0.1) is 5.92 Å². The maximum atomic E-state index is 11.7. The Bertz CT molecular complexity index is 557. The number of halogens is 1. The minimum Gasteiger partial charge on any atom is -0.392 e. The Labute approximate surface area is 136 Å². The number of sulfone groups is 1. The highest BCUT2D eigenvalue weighted by Crippen LogP contribution is 2.32. The first kappa shape index (κ1) is 17.1. The summed E-state index contributed by atoms with van der Waals surface area (Å²) in [4.78, 5) is 1.06. The van der Waals surface area contributed by atoms with Gasteiger partial charge in [0.15, 0.2) is 0 Å². The molecule has 3 nitrogen and oxygen atoms in total. The third kappa shape index (κ3) is 5.16. The van der Waals surface area contributed by atoms with Crippen molar-refractivity contribution < 1.29 is 13.5 Å². The molecule has 0 aliphatic heterocycles. The predicted molar refractivity (Wildman–Crippen MR) is 88.8 cm³/mol. The van der Waals surface area contributed by atoms with Crippen molar-refractivity contribution in [3.63, 3.8) is 0 Å². The summed E-state index contributed by atoms with van der Waals surface area (Å²) in [5.74, 6) is 0.668. The molecule has 0 amide bonds. The lowest BCUT2D eigenvalue weighted by Gasteiger charge is -2.31. The molecule has 21 heavy (non-hydrogen) atoms. The van der Waals surface area contributed by atoms with Gasteiger partial charge in [0.25, 0.3) is 0 Å². The molecule has 6 heteroatoms. The zero-order valence-corrected chi connectivity index (χ0v) is 14.4. The van der Waals surface area contributed by atoms with Gasteiger partial charge < -0.3 is 5.11 Å². The molecule has 0 heterocycles. The van der Waals surface area contributed by atoms with Crippen molar-refractivity contribution in [2.45, 2.75) is 41.9 Å². The number of thioether (sulfide) groups is 1. The minimum atomic E-state index is -3.00. The van der Waals surface area contributed by atoms with Crippen LogP contribution in [0.2, 0.25) is 5.02 Å². The maximum Gasteiger partial charge on any atom is 0.150 e. The summed E-state index contributed by atoms with van der Waals surface area (Å²) in [6, 6.07) is 7.52. The van der Waals surface area contributed by atoms with E-state index in [0.29, 0.717) is 17.2 Å². The van der Waals surface area contributed by atoms with E-state index in [4.69, 9.17) is 11.6 Å². The molecule has 0 aromatic heterocycles. The summed E-state index contributed by atoms with van der Waals surface area (Å²) in [7, 11) is -3.00. The number of rotatable bonds is 5. The van der Waals surface area contributed by atoms with Gasteiger partial charge in [-0.2, -0.15) is 0 Å². The molecule has 0 saturated heterocycles. The average Bonchev–Trinajstić information content (AvgIpc) is 2.45. The summed E-state index contributed by atoms with van der Waals surface area (Å²) in [5, 5.41) is 10.7. The van der Waals surface area contributed by atoms with Gasteiger partial charge in [0.05, 0.1) is 11.4 Å². The molecule has 1 aliphatic carbocycles. The highest BCUT2D eigenvalue weighted by molar-refractivity contribution is 7.99. The van der Waals surface area contributed by atoms with Crippen molar-refractivity contribution in [3.8, 4) is 0 Å². The van der Waals surface area contributed by atoms with Gasteiger partial charge in [-0.25, -0.2) is 8.42 Å². The maximum absolute atomic E-state index is 11.7. The minimum absolute atomic E-state index is 0.0817. The van der Waals surface area contributed by atoms with Gasteiger partial charge in [-0.05, 0) is 49.4 Å². The fraction of sp³-hybridized carbons (Fsp3) is 0.600. The van der Waals surface area contributed by atoms with Crippen LogP contribution in [-0.4, -0.2) is 36.9 Å². The van der Waals surface area contributed by atoms with Crippen LogP contribution in [0.25, 0.3) is 0 Å². The van der Waals surface area contributed by atoms with E-state index in [-0.39, 0.29) is 11.2 Å². The van der Waals surface area contributed by atoms with Crippen molar-refractivity contribution in [2.24, 2.45) is 5.92 Å². The predicted octanol–water partition coefficient (Wildman–Crippen LogP) is 3.40. The molecular formula is C15H21ClO3S2. The van der Waals surface area contributed by atoms with Gasteiger partial charge >= 0.3 is 0 Å². The fourth-order valence-corrected chi connectivity index (χ4v) is 5.05. The van der Waals surface area contributed by atoms with E-state index in [1.165, 1.54) is 6.26 Å². The van der Waals surface area contributed by atoms with Crippen LogP contribution in [-0.2, 0) is 9.84 Å². The Balaban J connectivity index is 1.88. The third-order valence-corrected chi connectivity index (χ3v) is 7.06. The molecule has 0 bridgehead atoms. The topological polar surface area (TPSA) is 54.4 Å². The molecule has 3 atom stereocenters.